The van der Waals surface area contributed by atoms with E-state index in [1.807, 2.05) is 19.2 Å². The summed E-state index contributed by atoms with van der Waals surface area (Å²) < 4.78 is 0. The molecule has 0 amide bonds. The predicted octanol–water partition coefficient (Wildman–Crippen LogP) is 1.99. The van der Waals surface area contributed by atoms with Gasteiger partial charge >= 0.3 is 0 Å². The molecule has 1 heteroatoms. The lowest BCUT2D eigenvalue weighted by atomic mass is 10.1. The van der Waals surface area contributed by atoms with Crippen LogP contribution in [0.3, 0.4) is 0 Å². The van der Waals surface area contributed by atoms with E-state index in [1.54, 1.807) is 0 Å². The van der Waals surface area contributed by atoms with E-state index < -0.39 is 0 Å². The molecule has 1 atom stereocenters. The van der Waals surface area contributed by atoms with Crippen molar-refractivity contribution < 1.29 is 0 Å². The molecule has 1 rings (SSSR count). The van der Waals surface area contributed by atoms with Crippen molar-refractivity contribution >= 4 is 0 Å². The van der Waals surface area contributed by atoms with Gasteiger partial charge in [-0.05, 0) is 25.6 Å². The Labute approximate surface area is 62.1 Å². The first-order valence-corrected chi connectivity index (χ1v) is 3.64. The molecule has 0 radical (unpaired) electrons. The largest absolute Gasteiger partial charge is 0.384 e. The molecule has 1 heterocycles. The summed E-state index contributed by atoms with van der Waals surface area (Å²) >= 11 is 0. The number of hydrogen-bond acceptors (Lipinski definition) is 1. The van der Waals surface area contributed by atoms with Crippen LogP contribution in [0.1, 0.15) is 13.3 Å². The molecule has 0 fully saturated rings. The van der Waals surface area contributed by atoms with Crippen LogP contribution in [0, 0.1) is 0 Å². The van der Waals surface area contributed by atoms with Crippen LogP contribution in [0.2, 0.25) is 0 Å². The van der Waals surface area contributed by atoms with Crippen LogP contribution in [-0.4, -0.2) is 6.04 Å². The second-order valence-electron chi connectivity index (χ2n) is 2.32. The number of allylic oxidation sites excluding steroid dienone is 3. The molecule has 1 unspecified atom stereocenters. The lowest BCUT2D eigenvalue weighted by Gasteiger charge is -2.12. The predicted molar refractivity (Wildman–Crippen MR) is 44.6 cm³/mol. The molecule has 1 nitrogen and oxygen atoms in total. The van der Waals surface area contributed by atoms with Gasteiger partial charge < -0.3 is 5.32 Å². The summed E-state index contributed by atoms with van der Waals surface area (Å²) in [7, 11) is 0. The lowest BCUT2D eigenvalue weighted by Crippen LogP contribution is -2.22. The molecular formula is C9H13N. The average molecular weight is 135 g/mol. The van der Waals surface area contributed by atoms with Gasteiger partial charge in [-0.1, -0.05) is 24.3 Å². The third kappa shape index (κ3) is 2.09. The first-order valence-electron chi connectivity index (χ1n) is 3.64. The Morgan fingerprint density at radius 1 is 1.50 bits per heavy atom. The van der Waals surface area contributed by atoms with E-state index in [-0.39, 0.29) is 0 Å². The summed E-state index contributed by atoms with van der Waals surface area (Å²) in [5.41, 5.74) is 0. The van der Waals surface area contributed by atoms with Crippen LogP contribution in [0.15, 0.2) is 36.6 Å². The van der Waals surface area contributed by atoms with Crippen LogP contribution < -0.4 is 5.32 Å². The summed E-state index contributed by atoms with van der Waals surface area (Å²) in [6, 6.07) is 0.501. The van der Waals surface area contributed by atoms with Crippen LogP contribution in [0.5, 0.6) is 0 Å². The molecule has 0 aromatic rings. The molecule has 0 saturated carbocycles. The molecule has 0 aromatic carbocycles. The third-order valence-corrected chi connectivity index (χ3v) is 1.49. The quantitative estimate of drug-likeness (QED) is 0.571. The van der Waals surface area contributed by atoms with Crippen molar-refractivity contribution in [3.05, 3.63) is 36.6 Å². The van der Waals surface area contributed by atoms with E-state index in [4.69, 9.17) is 0 Å². The highest BCUT2D eigenvalue weighted by Gasteiger charge is 1.98. The van der Waals surface area contributed by atoms with E-state index in [9.17, 15) is 0 Å². The Morgan fingerprint density at radius 3 is 3.00 bits per heavy atom. The molecule has 0 aromatic heterocycles. The van der Waals surface area contributed by atoms with Gasteiger partial charge in [0.05, 0.1) is 0 Å². The summed E-state index contributed by atoms with van der Waals surface area (Å²) in [5, 5.41) is 3.24. The number of dihydropyridines is 1. The topological polar surface area (TPSA) is 12.0 Å². The molecule has 0 spiro atoms. The van der Waals surface area contributed by atoms with Crippen molar-refractivity contribution in [3.63, 3.8) is 0 Å². The van der Waals surface area contributed by atoms with Crippen molar-refractivity contribution in [2.45, 2.75) is 19.4 Å². The van der Waals surface area contributed by atoms with E-state index >= 15 is 0 Å². The van der Waals surface area contributed by atoms with Crippen LogP contribution in [-0.2, 0) is 0 Å². The zero-order valence-corrected chi connectivity index (χ0v) is 6.25. The SMILES string of the molecule is CC=CCC1C=CC=CN1. The molecule has 1 aliphatic heterocycles. The van der Waals surface area contributed by atoms with Gasteiger partial charge in [0, 0.05) is 6.04 Å². The van der Waals surface area contributed by atoms with E-state index in [0.29, 0.717) is 6.04 Å². The van der Waals surface area contributed by atoms with Crippen molar-refractivity contribution in [3.8, 4) is 0 Å². The van der Waals surface area contributed by atoms with Gasteiger partial charge in [0.25, 0.3) is 0 Å². The Morgan fingerprint density at radius 2 is 2.40 bits per heavy atom. The fraction of sp³-hybridized carbons (Fsp3) is 0.333. The van der Waals surface area contributed by atoms with Crippen molar-refractivity contribution in [1.82, 2.24) is 5.32 Å². The molecule has 0 aliphatic carbocycles. The second kappa shape index (κ2) is 3.94. The van der Waals surface area contributed by atoms with Crippen molar-refractivity contribution in [2.24, 2.45) is 0 Å². The Hall–Kier alpha value is -0.980. The zero-order valence-electron chi connectivity index (χ0n) is 6.25. The summed E-state index contributed by atoms with van der Waals surface area (Å²) in [5.74, 6) is 0. The molecule has 1 N–H and O–H groups in total. The summed E-state index contributed by atoms with van der Waals surface area (Å²) in [6.07, 6.45) is 13.6. The number of rotatable bonds is 2. The maximum atomic E-state index is 3.24. The summed E-state index contributed by atoms with van der Waals surface area (Å²) in [6.45, 7) is 2.04. The van der Waals surface area contributed by atoms with Gasteiger partial charge in [0.2, 0.25) is 0 Å². The van der Waals surface area contributed by atoms with Gasteiger partial charge in [-0.15, -0.1) is 0 Å². The first kappa shape index (κ1) is 7.13. The van der Waals surface area contributed by atoms with Gasteiger partial charge in [0.15, 0.2) is 0 Å². The molecule has 0 bridgehead atoms. The maximum Gasteiger partial charge on any atom is 0.0476 e. The van der Waals surface area contributed by atoms with E-state index in [1.165, 1.54) is 0 Å². The van der Waals surface area contributed by atoms with Gasteiger partial charge in [0.1, 0.15) is 0 Å². The van der Waals surface area contributed by atoms with E-state index in [2.05, 4.69) is 29.6 Å². The second-order valence-corrected chi connectivity index (χ2v) is 2.32. The highest BCUT2D eigenvalue weighted by atomic mass is 14.9. The van der Waals surface area contributed by atoms with Gasteiger partial charge in [-0.25, -0.2) is 0 Å². The lowest BCUT2D eigenvalue weighted by molar-refractivity contribution is 0.703. The molecule has 1 aliphatic rings. The van der Waals surface area contributed by atoms with Crippen LogP contribution >= 0.6 is 0 Å². The standard InChI is InChI=1S/C9H13N/c1-2-3-6-9-7-4-5-8-10-9/h2-5,7-10H,6H2,1H3. The highest BCUT2D eigenvalue weighted by Crippen LogP contribution is 1.99. The average Bonchev–Trinajstić information content (AvgIpc) is 2.03. The maximum absolute atomic E-state index is 3.24. The van der Waals surface area contributed by atoms with Crippen LogP contribution in [0.4, 0.5) is 0 Å². The smallest absolute Gasteiger partial charge is 0.0476 e. The molecule has 0 saturated heterocycles. The van der Waals surface area contributed by atoms with Crippen molar-refractivity contribution in [1.29, 1.82) is 0 Å². The van der Waals surface area contributed by atoms with Gasteiger partial charge in [-0.2, -0.15) is 0 Å². The molecule has 54 valence electrons. The zero-order chi connectivity index (χ0) is 7.23. The van der Waals surface area contributed by atoms with Crippen LogP contribution in [0.25, 0.3) is 0 Å². The first-order chi connectivity index (χ1) is 4.93. The Balaban J connectivity index is 2.30. The fourth-order valence-electron chi connectivity index (χ4n) is 0.918. The minimum Gasteiger partial charge on any atom is -0.384 e. The summed E-state index contributed by atoms with van der Waals surface area (Å²) in [4.78, 5) is 0. The Kier molecular flexibility index (Phi) is 2.81. The normalized spacial score (nSPS) is 23.5. The molecular weight excluding hydrogens is 122 g/mol. The Bertz CT molecular complexity index is 166. The number of hydrogen-bond donors (Lipinski definition) is 1. The fourth-order valence-corrected chi connectivity index (χ4v) is 0.918. The minimum absolute atomic E-state index is 0.501. The highest BCUT2D eigenvalue weighted by molar-refractivity contribution is 5.13. The van der Waals surface area contributed by atoms with Gasteiger partial charge in [-0.3, -0.25) is 0 Å². The molecule has 10 heavy (non-hydrogen) atoms. The van der Waals surface area contributed by atoms with Crippen molar-refractivity contribution in [2.75, 3.05) is 0 Å². The minimum atomic E-state index is 0.501. The monoisotopic (exact) mass is 135 g/mol. The third-order valence-electron chi connectivity index (χ3n) is 1.49. The number of nitrogens with one attached hydrogen (secondary N) is 1. The van der Waals surface area contributed by atoms with E-state index in [0.717, 1.165) is 6.42 Å².